The Bertz CT molecular complexity index is 766. The highest BCUT2D eigenvalue weighted by Crippen LogP contribution is 2.19. The van der Waals surface area contributed by atoms with E-state index < -0.39 is 0 Å². The SMILES string of the molecule is CCN1CCN(C(=O)c2ccccc2C(=O)c2ccc(Br)cc2)CC1. The molecule has 2 aromatic rings. The molecule has 3 rings (SSSR count). The first kappa shape index (κ1) is 17.8. The third kappa shape index (κ3) is 3.99. The van der Waals surface area contributed by atoms with Crippen molar-refractivity contribution in [3.05, 3.63) is 69.7 Å². The molecule has 130 valence electrons. The van der Waals surface area contributed by atoms with Crippen molar-refractivity contribution in [2.45, 2.75) is 6.92 Å². The summed E-state index contributed by atoms with van der Waals surface area (Å²) in [6, 6.07) is 14.3. The molecule has 1 aliphatic heterocycles. The highest BCUT2D eigenvalue weighted by atomic mass is 79.9. The average molecular weight is 401 g/mol. The Hall–Kier alpha value is -1.98. The highest BCUT2D eigenvalue weighted by molar-refractivity contribution is 9.10. The van der Waals surface area contributed by atoms with Crippen LogP contribution in [0.15, 0.2) is 53.0 Å². The van der Waals surface area contributed by atoms with E-state index >= 15 is 0 Å². The molecule has 0 unspecified atom stereocenters. The number of nitrogens with zero attached hydrogens (tertiary/aromatic N) is 2. The number of likely N-dealkylation sites (N-methyl/N-ethyl adjacent to an activating group) is 1. The number of rotatable bonds is 4. The van der Waals surface area contributed by atoms with E-state index in [-0.39, 0.29) is 11.7 Å². The van der Waals surface area contributed by atoms with Crippen LogP contribution < -0.4 is 0 Å². The molecule has 0 spiro atoms. The Labute approximate surface area is 156 Å². The molecular formula is C20H21BrN2O2. The van der Waals surface area contributed by atoms with Gasteiger partial charge >= 0.3 is 0 Å². The first-order valence-corrected chi connectivity index (χ1v) is 9.30. The van der Waals surface area contributed by atoms with E-state index in [1.54, 1.807) is 30.3 Å². The van der Waals surface area contributed by atoms with Gasteiger partial charge in [0, 0.05) is 41.8 Å². The van der Waals surface area contributed by atoms with Crippen LogP contribution in [0.1, 0.15) is 33.2 Å². The number of carbonyl (C=O) groups excluding carboxylic acids is 2. The number of piperazine rings is 1. The number of halogens is 1. The van der Waals surface area contributed by atoms with Gasteiger partial charge in [0.2, 0.25) is 0 Å². The summed E-state index contributed by atoms with van der Waals surface area (Å²) in [5.74, 6) is -0.180. The van der Waals surface area contributed by atoms with Crippen molar-refractivity contribution < 1.29 is 9.59 Å². The van der Waals surface area contributed by atoms with Gasteiger partial charge in [-0.1, -0.05) is 41.1 Å². The Morgan fingerprint density at radius 2 is 1.52 bits per heavy atom. The minimum atomic E-state index is -0.122. The normalized spacial score (nSPS) is 15.2. The molecule has 5 heteroatoms. The van der Waals surface area contributed by atoms with Gasteiger partial charge in [0.05, 0.1) is 5.56 Å². The van der Waals surface area contributed by atoms with Crippen LogP contribution in [0.5, 0.6) is 0 Å². The summed E-state index contributed by atoms with van der Waals surface area (Å²) in [7, 11) is 0. The fraction of sp³-hybridized carbons (Fsp3) is 0.300. The second-order valence-electron chi connectivity index (χ2n) is 6.11. The van der Waals surface area contributed by atoms with Crippen molar-refractivity contribution in [2.75, 3.05) is 32.7 Å². The van der Waals surface area contributed by atoms with Gasteiger partial charge in [0.15, 0.2) is 5.78 Å². The lowest BCUT2D eigenvalue weighted by molar-refractivity contribution is 0.0640. The van der Waals surface area contributed by atoms with Gasteiger partial charge < -0.3 is 9.80 Å². The largest absolute Gasteiger partial charge is 0.336 e. The Balaban J connectivity index is 1.84. The summed E-state index contributed by atoms with van der Waals surface area (Å²) in [5, 5.41) is 0. The number of benzene rings is 2. The number of carbonyl (C=O) groups is 2. The summed E-state index contributed by atoms with van der Waals surface area (Å²) in [6.07, 6.45) is 0. The van der Waals surface area contributed by atoms with Gasteiger partial charge in [0.25, 0.3) is 5.91 Å². The Kier molecular flexibility index (Phi) is 5.66. The number of hydrogen-bond donors (Lipinski definition) is 0. The molecule has 0 aromatic heterocycles. The molecule has 1 aliphatic rings. The number of ketones is 1. The summed E-state index contributed by atoms with van der Waals surface area (Å²) in [5.41, 5.74) is 1.53. The van der Waals surface area contributed by atoms with Crippen molar-refractivity contribution in [1.82, 2.24) is 9.80 Å². The zero-order valence-corrected chi connectivity index (χ0v) is 15.8. The van der Waals surface area contributed by atoms with Crippen molar-refractivity contribution in [3.8, 4) is 0 Å². The number of hydrogen-bond acceptors (Lipinski definition) is 3. The summed E-state index contributed by atoms with van der Waals surface area (Å²) in [6.45, 7) is 6.29. The minimum Gasteiger partial charge on any atom is -0.336 e. The van der Waals surface area contributed by atoms with Crippen molar-refractivity contribution in [1.29, 1.82) is 0 Å². The van der Waals surface area contributed by atoms with Gasteiger partial charge in [-0.05, 0) is 36.9 Å². The molecule has 25 heavy (non-hydrogen) atoms. The zero-order valence-electron chi connectivity index (χ0n) is 14.2. The predicted molar refractivity (Wildman–Crippen MR) is 102 cm³/mol. The predicted octanol–water partition coefficient (Wildman–Crippen LogP) is 3.46. The monoisotopic (exact) mass is 400 g/mol. The Morgan fingerprint density at radius 3 is 2.12 bits per heavy atom. The van der Waals surface area contributed by atoms with Gasteiger partial charge in [-0.15, -0.1) is 0 Å². The lowest BCUT2D eigenvalue weighted by Gasteiger charge is -2.34. The maximum absolute atomic E-state index is 13.0. The first-order valence-electron chi connectivity index (χ1n) is 8.51. The lowest BCUT2D eigenvalue weighted by atomic mass is 9.97. The fourth-order valence-corrected chi connectivity index (χ4v) is 3.33. The maximum Gasteiger partial charge on any atom is 0.254 e. The first-order chi connectivity index (χ1) is 12.1. The van der Waals surface area contributed by atoms with E-state index in [1.807, 2.05) is 23.1 Å². The third-order valence-corrected chi connectivity index (χ3v) is 5.14. The highest BCUT2D eigenvalue weighted by Gasteiger charge is 2.25. The van der Waals surface area contributed by atoms with Crippen LogP contribution >= 0.6 is 15.9 Å². The molecule has 1 saturated heterocycles. The summed E-state index contributed by atoms with van der Waals surface area (Å²) < 4.78 is 0.919. The second-order valence-corrected chi connectivity index (χ2v) is 7.02. The standard InChI is InChI=1S/C20H21BrN2O2/c1-2-22-11-13-23(14-12-22)20(25)18-6-4-3-5-17(18)19(24)15-7-9-16(21)10-8-15/h3-10H,2,11-14H2,1H3. The summed E-state index contributed by atoms with van der Waals surface area (Å²) in [4.78, 5) is 30.0. The molecule has 0 bridgehead atoms. The molecule has 1 heterocycles. The van der Waals surface area contributed by atoms with Crippen LogP contribution in [-0.2, 0) is 0 Å². The molecule has 1 fully saturated rings. The van der Waals surface area contributed by atoms with E-state index in [9.17, 15) is 9.59 Å². The van der Waals surface area contributed by atoms with Gasteiger partial charge in [-0.25, -0.2) is 0 Å². The van der Waals surface area contributed by atoms with Crippen LogP contribution in [0.3, 0.4) is 0 Å². The van der Waals surface area contributed by atoms with Crippen molar-refractivity contribution in [2.24, 2.45) is 0 Å². The topological polar surface area (TPSA) is 40.6 Å². The maximum atomic E-state index is 13.0. The molecule has 0 aliphatic carbocycles. The van der Waals surface area contributed by atoms with Crippen LogP contribution in [0.2, 0.25) is 0 Å². The quantitative estimate of drug-likeness (QED) is 0.737. The smallest absolute Gasteiger partial charge is 0.254 e. The van der Waals surface area contributed by atoms with Gasteiger partial charge in [0.1, 0.15) is 0 Å². The fourth-order valence-electron chi connectivity index (χ4n) is 3.06. The van der Waals surface area contributed by atoms with Crippen LogP contribution in [0.25, 0.3) is 0 Å². The van der Waals surface area contributed by atoms with Crippen LogP contribution in [0.4, 0.5) is 0 Å². The molecule has 0 N–H and O–H groups in total. The van der Waals surface area contributed by atoms with Crippen LogP contribution in [0, 0.1) is 0 Å². The molecule has 4 nitrogen and oxygen atoms in total. The van der Waals surface area contributed by atoms with E-state index in [1.165, 1.54) is 0 Å². The van der Waals surface area contributed by atoms with E-state index in [4.69, 9.17) is 0 Å². The molecule has 0 radical (unpaired) electrons. The Morgan fingerprint density at radius 1 is 0.920 bits per heavy atom. The molecule has 0 saturated carbocycles. The van der Waals surface area contributed by atoms with Gasteiger partial charge in [-0.3, -0.25) is 9.59 Å². The molecule has 0 atom stereocenters. The van der Waals surface area contributed by atoms with Gasteiger partial charge in [-0.2, -0.15) is 0 Å². The third-order valence-electron chi connectivity index (χ3n) is 4.62. The molecule has 1 amide bonds. The minimum absolute atomic E-state index is 0.0585. The van der Waals surface area contributed by atoms with Crippen LogP contribution in [-0.4, -0.2) is 54.2 Å². The second kappa shape index (κ2) is 7.93. The van der Waals surface area contributed by atoms with E-state index in [0.29, 0.717) is 29.8 Å². The van der Waals surface area contributed by atoms with E-state index in [2.05, 4.69) is 27.8 Å². The van der Waals surface area contributed by atoms with Crippen molar-refractivity contribution in [3.63, 3.8) is 0 Å². The zero-order chi connectivity index (χ0) is 17.8. The average Bonchev–Trinajstić information content (AvgIpc) is 2.67. The summed E-state index contributed by atoms with van der Waals surface area (Å²) >= 11 is 3.38. The number of amides is 1. The van der Waals surface area contributed by atoms with E-state index in [0.717, 1.165) is 24.1 Å². The molecular weight excluding hydrogens is 380 g/mol. The molecule has 2 aromatic carbocycles. The van der Waals surface area contributed by atoms with Crippen molar-refractivity contribution >= 4 is 27.6 Å². The lowest BCUT2D eigenvalue weighted by Crippen LogP contribution is -2.48.